The van der Waals surface area contributed by atoms with Crippen molar-refractivity contribution < 1.29 is 44.9 Å². The van der Waals surface area contributed by atoms with Crippen molar-refractivity contribution in [1.82, 2.24) is 4.57 Å². The molecule has 0 bridgehead atoms. The normalized spacial score (nSPS) is 15.5. The van der Waals surface area contributed by atoms with Gasteiger partial charge in [0.25, 0.3) is 0 Å². The van der Waals surface area contributed by atoms with Gasteiger partial charge in [0.1, 0.15) is 11.4 Å². The molecule has 0 radical (unpaired) electrons. The number of carbonyl (C=O) groups is 3. The van der Waals surface area contributed by atoms with E-state index in [1.165, 1.54) is 12.3 Å². The predicted octanol–water partition coefficient (Wildman–Crippen LogP) is -1.89. The smallest absolute Gasteiger partial charge is 0.341 e. The number of pyridine rings is 1. The van der Waals surface area contributed by atoms with Crippen molar-refractivity contribution >= 4 is 34.5 Å². The highest BCUT2D eigenvalue weighted by Gasteiger charge is 2.28. The minimum Gasteiger partial charge on any atom is -0.545 e. The number of aromatic nitrogens is 1. The number of hydrogen-bond acceptors (Lipinski definition) is 6. The molecular weight excluding hydrogens is 441 g/mol. The van der Waals surface area contributed by atoms with E-state index in [9.17, 15) is 33.8 Å². The number of nitrogens with two attached hydrogens (primary N) is 1. The largest absolute Gasteiger partial charge is 0.545 e. The van der Waals surface area contributed by atoms with Crippen LogP contribution in [0.3, 0.4) is 0 Å². The molecule has 2 heterocycles. The Balaban J connectivity index is 0.000000372. The van der Waals surface area contributed by atoms with Gasteiger partial charge in [-0.25, -0.2) is 14.0 Å². The van der Waals surface area contributed by atoms with E-state index in [2.05, 4.69) is 5.32 Å². The summed E-state index contributed by atoms with van der Waals surface area (Å²) >= 11 is 0. The number of carboxylic acids is 3. The fourth-order valence-corrected chi connectivity index (χ4v) is 3.54. The first-order chi connectivity index (χ1) is 15.2. The molecule has 1 aliphatic carbocycles. The van der Waals surface area contributed by atoms with E-state index >= 15 is 0 Å². The molecule has 1 aliphatic heterocycles. The number of fused-ring (bicyclic) bond motifs is 1. The SMILES string of the molecule is O.O=C(O)c1cn(C2CC2)c2cc(N3CC[NH2+]CC3)c(F)cc2c1=O.O=C([O-])/C=C/C(=O)O. The number of piperazine rings is 1. The number of anilines is 1. The van der Waals surface area contributed by atoms with Crippen LogP contribution in [0.25, 0.3) is 10.9 Å². The molecule has 1 aromatic carbocycles. The maximum Gasteiger partial charge on any atom is 0.341 e. The van der Waals surface area contributed by atoms with Crippen molar-refractivity contribution in [2.45, 2.75) is 18.9 Å². The molecule has 2 aromatic rings. The molecule has 1 saturated heterocycles. The van der Waals surface area contributed by atoms with Crippen molar-refractivity contribution in [3.8, 4) is 0 Å². The van der Waals surface area contributed by atoms with Crippen molar-refractivity contribution in [1.29, 1.82) is 0 Å². The summed E-state index contributed by atoms with van der Waals surface area (Å²) in [5.41, 5.74) is 0.201. The first-order valence-electron chi connectivity index (χ1n) is 9.99. The molecule has 6 N–H and O–H groups in total. The quantitative estimate of drug-likeness (QED) is 0.427. The molecule has 178 valence electrons. The zero-order valence-electron chi connectivity index (χ0n) is 17.5. The van der Waals surface area contributed by atoms with Crippen molar-refractivity contribution in [2.75, 3.05) is 31.1 Å². The summed E-state index contributed by atoms with van der Waals surface area (Å²) in [5.74, 6) is -4.54. The summed E-state index contributed by atoms with van der Waals surface area (Å²) in [5, 5.41) is 28.8. The number of aromatic carboxylic acids is 1. The summed E-state index contributed by atoms with van der Waals surface area (Å²) < 4.78 is 16.5. The highest BCUT2D eigenvalue weighted by Crippen LogP contribution is 2.38. The third-order valence-corrected chi connectivity index (χ3v) is 5.18. The average molecular weight is 465 g/mol. The van der Waals surface area contributed by atoms with E-state index in [0.29, 0.717) is 23.4 Å². The molecule has 12 heteroatoms. The number of carbonyl (C=O) groups excluding carboxylic acids is 1. The second kappa shape index (κ2) is 10.7. The molecule has 0 spiro atoms. The summed E-state index contributed by atoms with van der Waals surface area (Å²) in [6.45, 7) is 3.32. The van der Waals surface area contributed by atoms with Gasteiger partial charge in [0.05, 0.1) is 43.4 Å². The Morgan fingerprint density at radius 3 is 2.24 bits per heavy atom. The molecule has 1 saturated carbocycles. The number of nitrogens with zero attached hydrogens (tertiary/aromatic N) is 2. The van der Waals surface area contributed by atoms with Crippen LogP contribution in [-0.4, -0.2) is 64.3 Å². The zero-order valence-corrected chi connectivity index (χ0v) is 17.5. The minimum absolute atomic E-state index is 0. The number of hydrogen-bond donors (Lipinski definition) is 3. The molecule has 0 atom stereocenters. The average Bonchev–Trinajstić information content (AvgIpc) is 3.58. The van der Waals surface area contributed by atoms with E-state index in [1.807, 2.05) is 9.47 Å². The van der Waals surface area contributed by atoms with Gasteiger partial charge in [-0.1, -0.05) is 0 Å². The lowest BCUT2D eigenvalue weighted by atomic mass is 10.1. The lowest BCUT2D eigenvalue weighted by Crippen LogP contribution is -2.89. The molecule has 33 heavy (non-hydrogen) atoms. The number of carboxylic acid groups (broad SMARTS) is 3. The summed E-state index contributed by atoms with van der Waals surface area (Å²) in [4.78, 5) is 44.7. The molecule has 1 aromatic heterocycles. The zero-order chi connectivity index (χ0) is 23.4. The van der Waals surface area contributed by atoms with Gasteiger partial charge in [-0.05, 0) is 31.1 Å². The number of halogens is 1. The van der Waals surface area contributed by atoms with E-state index in [0.717, 1.165) is 39.0 Å². The van der Waals surface area contributed by atoms with Gasteiger partial charge in [-0.15, -0.1) is 0 Å². The number of quaternary nitrogens is 1. The van der Waals surface area contributed by atoms with E-state index in [4.69, 9.17) is 5.11 Å². The first-order valence-corrected chi connectivity index (χ1v) is 9.99. The van der Waals surface area contributed by atoms with Crippen LogP contribution in [0.15, 0.2) is 35.3 Å². The number of benzene rings is 1. The van der Waals surface area contributed by atoms with Gasteiger partial charge in [-0.2, -0.15) is 0 Å². The van der Waals surface area contributed by atoms with Gasteiger partial charge >= 0.3 is 11.9 Å². The Morgan fingerprint density at radius 1 is 1.12 bits per heavy atom. The lowest BCUT2D eigenvalue weighted by molar-refractivity contribution is -0.655. The van der Waals surface area contributed by atoms with E-state index in [-0.39, 0.29) is 22.5 Å². The molecule has 2 fully saturated rings. The lowest BCUT2D eigenvalue weighted by Gasteiger charge is -2.28. The van der Waals surface area contributed by atoms with Gasteiger partial charge < -0.3 is 40.4 Å². The standard InChI is InChI=1S/C17H18FN3O3.C4H4O4.H2O/c18-13-7-11-14(8-15(13)20-5-3-19-4-6-20)21(10-1-2-10)9-12(16(11)22)17(23)24;5-3(6)1-2-4(7)8;/h7-10,19H,1-6H2,(H,23,24);1-2H,(H,5,6)(H,7,8);1H2/b;2-1+;. The molecule has 4 rings (SSSR count). The van der Waals surface area contributed by atoms with Crippen LogP contribution in [0, 0.1) is 5.82 Å². The number of rotatable bonds is 5. The molecule has 0 amide bonds. The monoisotopic (exact) mass is 465 g/mol. The molecular formula is C21H24FN3O8. The number of aliphatic carboxylic acids is 2. The fraction of sp³-hybridized carbons (Fsp3) is 0.333. The highest BCUT2D eigenvalue weighted by molar-refractivity contribution is 5.93. The Kier molecular flexibility index (Phi) is 8.26. The summed E-state index contributed by atoms with van der Waals surface area (Å²) in [6, 6.07) is 3.11. The van der Waals surface area contributed by atoms with Gasteiger partial charge in [0.15, 0.2) is 0 Å². The first kappa shape index (κ1) is 25.5. The maximum absolute atomic E-state index is 14.6. The van der Waals surface area contributed by atoms with Crippen LogP contribution in [0.5, 0.6) is 0 Å². The van der Waals surface area contributed by atoms with Crippen LogP contribution >= 0.6 is 0 Å². The Hall–Kier alpha value is -3.77. The minimum atomic E-state index is -1.51. The molecule has 11 nitrogen and oxygen atoms in total. The third kappa shape index (κ3) is 6.14. The van der Waals surface area contributed by atoms with Gasteiger partial charge in [-0.3, -0.25) is 4.79 Å². The van der Waals surface area contributed by atoms with Crippen LogP contribution in [0.1, 0.15) is 29.2 Å². The molecule has 0 unspecified atom stereocenters. The summed E-state index contributed by atoms with van der Waals surface area (Å²) in [7, 11) is 0. The molecule has 2 aliphatic rings. The Bertz CT molecular complexity index is 1130. The van der Waals surface area contributed by atoms with Crippen molar-refractivity contribution in [3.05, 3.63) is 52.1 Å². The van der Waals surface area contributed by atoms with E-state index in [1.54, 1.807) is 6.07 Å². The fourth-order valence-electron chi connectivity index (χ4n) is 3.54. The predicted molar refractivity (Wildman–Crippen MR) is 113 cm³/mol. The second-order valence-corrected chi connectivity index (χ2v) is 7.48. The second-order valence-electron chi connectivity index (χ2n) is 7.48. The van der Waals surface area contributed by atoms with Gasteiger partial charge in [0, 0.05) is 23.7 Å². The Morgan fingerprint density at radius 2 is 1.76 bits per heavy atom. The van der Waals surface area contributed by atoms with Crippen LogP contribution in [0.4, 0.5) is 10.1 Å². The summed E-state index contributed by atoms with van der Waals surface area (Å²) in [6.07, 6.45) is 4.25. The highest BCUT2D eigenvalue weighted by atomic mass is 19.1. The Labute approximate surface area is 186 Å². The van der Waals surface area contributed by atoms with Crippen molar-refractivity contribution in [3.63, 3.8) is 0 Å². The van der Waals surface area contributed by atoms with E-state index < -0.39 is 29.2 Å². The van der Waals surface area contributed by atoms with Crippen LogP contribution in [-0.2, 0) is 9.59 Å². The maximum atomic E-state index is 14.6. The van der Waals surface area contributed by atoms with Gasteiger partial charge in [0.2, 0.25) is 5.43 Å². The third-order valence-electron chi connectivity index (χ3n) is 5.18. The van der Waals surface area contributed by atoms with Crippen LogP contribution < -0.4 is 20.8 Å². The van der Waals surface area contributed by atoms with Crippen molar-refractivity contribution in [2.24, 2.45) is 0 Å². The topological polar surface area (TPSA) is 188 Å². The van der Waals surface area contributed by atoms with Crippen LogP contribution in [0.2, 0.25) is 0 Å².